The number of carbonyl (C=O) groups excluding carboxylic acids is 1. The fraction of sp³-hybridized carbons (Fsp3) is 0.111. The van der Waals surface area contributed by atoms with Gasteiger partial charge in [0, 0.05) is 34.9 Å². The molecule has 0 radical (unpaired) electrons. The van der Waals surface area contributed by atoms with Gasteiger partial charge in [-0.25, -0.2) is 4.98 Å². The first kappa shape index (κ1) is 14.9. The van der Waals surface area contributed by atoms with E-state index in [9.17, 15) is 9.90 Å². The number of rotatable bonds is 4. The number of anilines is 1. The molecule has 0 saturated heterocycles. The van der Waals surface area contributed by atoms with Crippen molar-refractivity contribution in [2.75, 3.05) is 5.32 Å². The van der Waals surface area contributed by atoms with E-state index in [0.717, 1.165) is 21.7 Å². The summed E-state index contributed by atoms with van der Waals surface area (Å²) in [6, 6.07) is 13.1. The van der Waals surface area contributed by atoms with Gasteiger partial charge in [0.2, 0.25) is 0 Å². The minimum absolute atomic E-state index is 0.133. The lowest BCUT2D eigenvalue weighted by Gasteiger charge is -2.17. The van der Waals surface area contributed by atoms with Crippen molar-refractivity contribution in [3.05, 3.63) is 70.7 Å². The van der Waals surface area contributed by atoms with Crippen molar-refractivity contribution in [2.45, 2.75) is 12.8 Å². The topological polar surface area (TPSA) is 74.2 Å². The molecule has 5 nitrogen and oxygen atoms in total. The van der Waals surface area contributed by atoms with Crippen LogP contribution < -0.4 is 10.6 Å². The van der Waals surface area contributed by atoms with Crippen molar-refractivity contribution in [1.82, 2.24) is 10.3 Å². The van der Waals surface area contributed by atoms with Gasteiger partial charge in [-0.05, 0) is 17.7 Å². The molecule has 120 valence electrons. The Bertz CT molecular complexity index is 879. The maximum absolute atomic E-state index is 12.3. The molecule has 3 N–H and O–H groups in total. The van der Waals surface area contributed by atoms with Crippen LogP contribution in [0.15, 0.2) is 54.0 Å². The molecule has 2 aromatic carbocycles. The van der Waals surface area contributed by atoms with Crippen LogP contribution in [0.3, 0.4) is 0 Å². The summed E-state index contributed by atoms with van der Waals surface area (Å²) in [5, 5.41) is 19.1. The molecule has 0 fully saturated rings. The third kappa shape index (κ3) is 2.55. The number of nitrogens with zero attached hydrogens (tertiary/aromatic N) is 1. The zero-order chi connectivity index (χ0) is 16.5. The van der Waals surface area contributed by atoms with Crippen molar-refractivity contribution in [3.8, 4) is 10.6 Å². The Balaban J connectivity index is 1.72. The summed E-state index contributed by atoms with van der Waals surface area (Å²) in [5.74, 6) is -0.133. The van der Waals surface area contributed by atoms with Crippen LogP contribution in [0, 0.1) is 0 Å². The van der Waals surface area contributed by atoms with Crippen molar-refractivity contribution < 1.29 is 9.90 Å². The van der Waals surface area contributed by atoms with E-state index in [0.29, 0.717) is 17.8 Å². The Morgan fingerprint density at radius 1 is 1.21 bits per heavy atom. The highest BCUT2D eigenvalue weighted by molar-refractivity contribution is 7.13. The quantitative estimate of drug-likeness (QED) is 0.639. The normalized spacial score (nSPS) is 14.1. The number of aromatic nitrogens is 1. The summed E-state index contributed by atoms with van der Waals surface area (Å²) in [6.45, 7) is 0.472. The predicted molar refractivity (Wildman–Crippen MR) is 93.7 cm³/mol. The van der Waals surface area contributed by atoms with Crippen LogP contribution in [0.25, 0.3) is 10.6 Å². The second-order valence-corrected chi connectivity index (χ2v) is 6.39. The number of aliphatic hydroxyl groups is 1. The smallest absolute Gasteiger partial charge is 0.254 e. The Hall–Kier alpha value is -2.70. The second kappa shape index (κ2) is 6.07. The molecule has 24 heavy (non-hydrogen) atoms. The van der Waals surface area contributed by atoms with Gasteiger partial charge in [-0.1, -0.05) is 30.3 Å². The van der Waals surface area contributed by atoms with Gasteiger partial charge >= 0.3 is 0 Å². The monoisotopic (exact) mass is 337 g/mol. The largest absolute Gasteiger partial charge is 0.369 e. The number of benzene rings is 2. The fourth-order valence-electron chi connectivity index (χ4n) is 2.89. The van der Waals surface area contributed by atoms with Crippen LogP contribution in [0.5, 0.6) is 0 Å². The lowest BCUT2D eigenvalue weighted by atomic mass is 10.0. The molecule has 0 spiro atoms. The molecule has 2 heterocycles. The zero-order valence-electron chi connectivity index (χ0n) is 12.7. The summed E-state index contributed by atoms with van der Waals surface area (Å²) in [5.41, 5.74) is 3.82. The van der Waals surface area contributed by atoms with E-state index < -0.39 is 6.23 Å². The van der Waals surface area contributed by atoms with Crippen molar-refractivity contribution >= 4 is 22.9 Å². The molecule has 1 aliphatic heterocycles. The molecule has 4 rings (SSSR count). The molecule has 0 saturated carbocycles. The molecule has 0 aliphatic carbocycles. The number of amides is 1. The summed E-state index contributed by atoms with van der Waals surface area (Å²) in [4.78, 5) is 16.6. The number of thiazole rings is 1. The van der Waals surface area contributed by atoms with Gasteiger partial charge in [0.05, 0.1) is 5.56 Å². The highest BCUT2D eigenvalue weighted by atomic mass is 32.1. The minimum atomic E-state index is -0.880. The third-order valence-electron chi connectivity index (χ3n) is 4.04. The van der Waals surface area contributed by atoms with E-state index in [1.807, 2.05) is 47.8 Å². The van der Waals surface area contributed by atoms with Crippen molar-refractivity contribution in [1.29, 1.82) is 0 Å². The highest BCUT2D eigenvalue weighted by Crippen LogP contribution is 2.35. The zero-order valence-corrected chi connectivity index (χ0v) is 13.5. The van der Waals surface area contributed by atoms with Gasteiger partial charge in [-0.2, -0.15) is 0 Å². The second-order valence-electron chi connectivity index (χ2n) is 5.49. The Labute approximate surface area is 143 Å². The molecule has 1 atom stereocenters. The fourth-order valence-corrected chi connectivity index (χ4v) is 3.58. The first-order chi connectivity index (χ1) is 11.7. The molecule has 1 aromatic heterocycles. The van der Waals surface area contributed by atoms with Crippen molar-refractivity contribution in [2.24, 2.45) is 0 Å². The molecular weight excluding hydrogens is 322 g/mol. The highest BCUT2D eigenvalue weighted by Gasteiger charge is 2.27. The van der Waals surface area contributed by atoms with Gasteiger partial charge < -0.3 is 15.7 Å². The molecular formula is C18H15N3O2S. The lowest BCUT2D eigenvalue weighted by Crippen LogP contribution is -2.16. The van der Waals surface area contributed by atoms with Gasteiger partial charge in [0.1, 0.15) is 5.01 Å². The number of hydrogen-bond donors (Lipinski definition) is 3. The average molecular weight is 337 g/mol. The SMILES string of the molecule is O=C1NCc2c(-c3nccs3)ccc(NC(O)c3ccccc3)c21. The summed E-state index contributed by atoms with van der Waals surface area (Å²) in [7, 11) is 0. The van der Waals surface area contributed by atoms with E-state index in [4.69, 9.17) is 0 Å². The summed E-state index contributed by atoms with van der Waals surface area (Å²) in [6.07, 6.45) is 0.872. The van der Waals surface area contributed by atoms with Crippen LogP contribution in [0.4, 0.5) is 5.69 Å². The standard InChI is InChI=1S/C18H15N3O2S/c22-16(11-4-2-1-3-5-11)21-14-7-6-12(18-19-8-9-24-18)13-10-20-17(23)15(13)14/h1-9,16,21-22H,10H2,(H,20,23). The first-order valence-electron chi connectivity index (χ1n) is 7.57. The number of carbonyl (C=O) groups is 1. The minimum Gasteiger partial charge on any atom is -0.369 e. The molecule has 0 bridgehead atoms. The molecule has 1 amide bonds. The van der Waals surface area contributed by atoms with Crippen molar-refractivity contribution in [3.63, 3.8) is 0 Å². The first-order valence-corrected chi connectivity index (χ1v) is 8.45. The molecule has 1 unspecified atom stereocenters. The van der Waals surface area contributed by atoms with Gasteiger partial charge in [0.25, 0.3) is 5.91 Å². The summed E-state index contributed by atoms with van der Waals surface area (Å²) >= 11 is 1.54. The Morgan fingerprint density at radius 3 is 2.79 bits per heavy atom. The van der Waals surface area contributed by atoms with Crippen LogP contribution in [-0.2, 0) is 6.54 Å². The third-order valence-corrected chi connectivity index (χ3v) is 4.84. The lowest BCUT2D eigenvalue weighted by molar-refractivity contribution is 0.0966. The maximum Gasteiger partial charge on any atom is 0.254 e. The van der Waals surface area contributed by atoms with E-state index in [2.05, 4.69) is 15.6 Å². The van der Waals surface area contributed by atoms with E-state index in [1.54, 1.807) is 6.20 Å². The van der Waals surface area contributed by atoms with Gasteiger partial charge in [-0.15, -0.1) is 11.3 Å². The Morgan fingerprint density at radius 2 is 2.04 bits per heavy atom. The number of nitrogens with one attached hydrogen (secondary N) is 2. The van der Waals surface area contributed by atoms with E-state index in [-0.39, 0.29) is 5.91 Å². The number of hydrogen-bond acceptors (Lipinski definition) is 5. The predicted octanol–water partition coefficient (Wildman–Crippen LogP) is 3.16. The van der Waals surface area contributed by atoms with Gasteiger partial charge in [0.15, 0.2) is 6.23 Å². The molecule has 1 aliphatic rings. The molecule has 6 heteroatoms. The number of fused-ring (bicyclic) bond motifs is 1. The Kier molecular flexibility index (Phi) is 3.76. The maximum atomic E-state index is 12.3. The van der Waals surface area contributed by atoms with Crippen LogP contribution in [-0.4, -0.2) is 16.0 Å². The van der Waals surface area contributed by atoms with Crippen LogP contribution in [0.1, 0.15) is 27.7 Å². The van der Waals surface area contributed by atoms with Crippen LogP contribution in [0.2, 0.25) is 0 Å². The van der Waals surface area contributed by atoms with E-state index >= 15 is 0 Å². The average Bonchev–Trinajstić information content (AvgIpc) is 3.27. The summed E-state index contributed by atoms with van der Waals surface area (Å²) < 4.78 is 0. The molecule has 3 aromatic rings. The van der Waals surface area contributed by atoms with E-state index in [1.165, 1.54) is 11.3 Å². The van der Waals surface area contributed by atoms with Crippen LogP contribution >= 0.6 is 11.3 Å². The van der Waals surface area contributed by atoms with Gasteiger partial charge in [-0.3, -0.25) is 4.79 Å². The number of aliphatic hydroxyl groups excluding tert-OH is 1.